The summed E-state index contributed by atoms with van der Waals surface area (Å²) in [4.78, 5) is 0. The normalized spacial score (nSPS) is 13.0. The van der Waals surface area contributed by atoms with Crippen molar-refractivity contribution in [1.29, 1.82) is 0 Å². The molecule has 1 aliphatic rings. The molecule has 2 N–H and O–H groups in total. The molecule has 0 aromatic heterocycles. The van der Waals surface area contributed by atoms with Crippen molar-refractivity contribution in [3.8, 4) is 0 Å². The van der Waals surface area contributed by atoms with E-state index in [-0.39, 0.29) is 29.1 Å². The molecule has 3 heteroatoms. The van der Waals surface area contributed by atoms with Crippen LogP contribution in [-0.2, 0) is 4.74 Å². The number of hydrogen-bond donors (Lipinski definition) is 0. The quantitative estimate of drug-likeness (QED) is 0.509. The van der Waals surface area contributed by atoms with Crippen LogP contribution in [0, 0.1) is 0 Å². The first kappa shape index (κ1) is 10.9. The Labute approximate surface area is 65.3 Å². The van der Waals surface area contributed by atoms with E-state index in [9.17, 15) is 0 Å². The molecule has 0 amide bonds. The molecule has 8 heavy (non-hydrogen) atoms. The van der Waals surface area contributed by atoms with Gasteiger partial charge < -0.3 is 10.2 Å². The molecular formula is C5H10O2Te. The molecule has 0 bridgehead atoms. The first-order chi connectivity index (χ1) is 3.00. The summed E-state index contributed by atoms with van der Waals surface area (Å²) in [5.74, 6) is 0. The molecule has 0 aromatic rings. The molecular weight excluding hydrogens is 220 g/mol. The Hall–Kier alpha value is 0.0296. The third-order valence-electron chi connectivity index (χ3n) is 0.614. The number of allylic oxidation sites excluding steroid dienone is 2. The van der Waals surface area contributed by atoms with Gasteiger partial charge in [0.1, 0.15) is 6.61 Å². The number of rotatable bonds is 0. The molecule has 1 heterocycles. The van der Waals surface area contributed by atoms with Gasteiger partial charge in [0, 0.05) is 0 Å². The van der Waals surface area contributed by atoms with Crippen molar-refractivity contribution in [2.24, 2.45) is 0 Å². The summed E-state index contributed by atoms with van der Waals surface area (Å²) in [6, 6.07) is 0. The second-order valence-electron chi connectivity index (χ2n) is 1.09. The van der Waals surface area contributed by atoms with E-state index in [1.165, 1.54) is 0 Å². The first-order valence-corrected chi connectivity index (χ1v) is 1.93. The summed E-state index contributed by atoms with van der Waals surface area (Å²) in [6.07, 6.45) is 7.47. The van der Waals surface area contributed by atoms with Crippen LogP contribution in [0.2, 0.25) is 0 Å². The van der Waals surface area contributed by atoms with Crippen LogP contribution in [0.3, 0.4) is 0 Å². The van der Waals surface area contributed by atoms with Crippen molar-refractivity contribution in [3.05, 3.63) is 24.5 Å². The van der Waals surface area contributed by atoms with Gasteiger partial charge in [-0.25, -0.2) is 0 Å². The summed E-state index contributed by atoms with van der Waals surface area (Å²) in [5, 5.41) is 0. The standard InChI is InChI=1S/C5H6O.H2O.H2Te/c1-2-4-6-5-3-1;;/h1-4H,5H2;2*1H2. The Morgan fingerprint density at radius 3 is 2.12 bits per heavy atom. The Balaban J connectivity index is 0. The molecule has 1 rings (SSSR count). The summed E-state index contributed by atoms with van der Waals surface area (Å²) < 4.78 is 4.80. The molecule has 0 saturated heterocycles. The first-order valence-electron chi connectivity index (χ1n) is 1.93. The molecule has 0 fully saturated rings. The zero-order valence-electron chi connectivity index (χ0n) is 4.42. The van der Waals surface area contributed by atoms with Gasteiger partial charge in [-0.15, -0.1) is 0 Å². The molecule has 48 valence electrons. The molecule has 2 nitrogen and oxygen atoms in total. The van der Waals surface area contributed by atoms with Gasteiger partial charge in [0.2, 0.25) is 0 Å². The van der Waals surface area contributed by atoms with E-state index in [0.29, 0.717) is 0 Å². The van der Waals surface area contributed by atoms with Crippen molar-refractivity contribution in [2.45, 2.75) is 0 Å². The van der Waals surface area contributed by atoms with Gasteiger partial charge in [-0.1, -0.05) is 6.08 Å². The minimum absolute atomic E-state index is 0. The minimum atomic E-state index is 0. The molecule has 0 atom stereocenters. The SMILES string of the molecule is C1=CCOC=C1.O.[TeH2]. The predicted molar refractivity (Wildman–Crippen MR) is 36.4 cm³/mol. The third kappa shape index (κ3) is 4.20. The fourth-order valence-corrected chi connectivity index (χ4v) is 0.346. The molecule has 0 aromatic carbocycles. The Kier molecular flexibility index (Phi) is 9.59. The van der Waals surface area contributed by atoms with Crippen LogP contribution >= 0.6 is 0 Å². The Morgan fingerprint density at radius 2 is 2.00 bits per heavy atom. The van der Waals surface area contributed by atoms with Gasteiger partial charge in [0.15, 0.2) is 0 Å². The van der Waals surface area contributed by atoms with Crippen LogP contribution in [0.5, 0.6) is 0 Å². The Morgan fingerprint density at radius 1 is 1.25 bits per heavy atom. The summed E-state index contributed by atoms with van der Waals surface area (Å²) in [6.45, 7) is 0.733. The fourth-order valence-electron chi connectivity index (χ4n) is 0.346. The third-order valence-corrected chi connectivity index (χ3v) is 0.614. The molecule has 0 aliphatic carbocycles. The average Bonchev–Trinajstić information content (AvgIpc) is 1.72. The molecule has 0 radical (unpaired) electrons. The van der Waals surface area contributed by atoms with E-state index in [1.54, 1.807) is 6.26 Å². The van der Waals surface area contributed by atoms with E-state index < -0.39 is 0 Å². The van der Waals surface area contributed by atoms with Gasteiger partial charge in [-0.2, -0.15) is 0 Å². The average molecular weight is 230 g/mol. The summed E-state index contributed by atoms with van der Waals surface area (Å²) in [7, 11) is 0. The van der Waals surface area contributed by atoms with Crippen LogP contribution in [-0.4, -0.2) is 35.7 Å². The Bertz CT molecular complexity index is 76.4. The van der Waals surface area contributed by atoms with Crippen molar-refractivity contribution in [2.75, 3.05) is 6.61 Å². The predicted octanol–water partition coefficient (Wildman–Crippen LogP) is -0.654. The second kappa shape index (κ2) is 7.03. The van der Waals surface area contributed by atoms with Crippen LogP contribution < -0.4 is 0 Å². The van der Waals surface area contributed by atoms with E-state index >= 15 is 0 Å². The van der Waals surface area contributed by atoms with Gasteiger partial charge in [0.25, 0.3) is 0 Å². The van der Waals surface area contributed by atoms with Crippen LogP contribution in [0.15, 0.2) is 24.5 Å². The maximum absolute atomic E-state index is 4.80. The van der Waals surface area contributed by atoms with E-state index in [2.05, 4.69) is 0 Å². The fraction of sp³-hybridized carbons (Fsp3) is 0.200. The van der Waals surface area contributed by atoms with Gasteiger partial charge in [-0.05, 0) is 12.2 Å². The van der Waals surface area contributed by atoms with E-state index in [1.807, 2.05) is 18.2 Å². The number of ether oxygens (including phenoxy) is 1. The van der Waals surface area contributed by atoms with Gasteiger partial charge in [0.05, 0.1) is 6.26 Å². The monoisotopic (exact) mass is 232 g/mol. The van der Waals surface area contributed by atoms with Gasteiger partial charge >= 0.3 is 23.7 Å². The molecule has 0 unspecified atom stereocenters. The van der Waals surface area contributed by atoms with Crippen molar-refractivity contribution in [3.63, 3.8) is 0 Å². The summed E-state index contributed by atoms with van der Waals surface area (Å²) >= 11 is 0. The number of hydrogen-bond acceptors (Lipinski definition) is 1. The van der Waals surface area contributed by atoms with Gasteiger partial charge in [-0.3, -0.25) is 0 Å². The van der Waals surface area contributed by atoms with Crippen LogP contribution in [0.4, 0.5) is 0 Å². The van der Waals surface area contributed by atoms with E-state index in [0.717, 1.165) is 6.61 Å². The van der Waals surface area contributed by atoms with Crippen LogP contribution in [0.1, 0.15) is 0 Å². The zero-order chi connectivity index (χ0) is 4.24. The van der Waals surface area contributed by atoms with Crippen LogP contribution in [0.25, 0.3) is 0 Å². The summed E-state index contributed by atoms with van der Waals surface area (Å²) in [5.41, 5.74) is 0. The van der Waals surface area contributed by atoms with Crippen molar-refractivity contribution < 1.29 is 10.2 Å². The molecule has 1 aliphatic heterocycles. The topological polar surface area (TPSA) is 40.7 Å². The van der Waals surface area contributed by atoms with Crippen molar-refractivity contribution >= 4 is 23.7 Å². The maximum atomic E-state index is 4.80. The van der Waals surface area contributed by atoms with Crippen molar-refractivity contribution in [1.82, 2.24) is 0 Å². The molecule has 0 saturated carbocycles. The van der Waals surface area contributed by atoms with E-state index in [4.69, 9.17) is 4.74 Å². The second-order valence-corrected chi connectivity index (χ2v) is 1.09. The zero-order valence-corrected chi connectivity index (χ0v) is 7.28. The molecule has 0 spiro atoms.